The van der Waals surface area contributed by atoms with Gasteiger partial charge >= 0.3 is 0 Å². The van der Waals surface area contributed by atoms with Crippen LogP contribution in [0.4, 0.5) is 5.95 Å². The molecule has 24 heavy (non-hydrogen) atoms. The summed E-state index contributed by atoms with van der Waals surface area (Å²) < 4.78 is -0.896. The lowest BCUT2D eigenvalue weighted by Crippen LogP contribution is -2.47. The average Bonchev–Trinajstić information content (AvgIpc) is 3.12. The van der Waals surface area contributed by atoms with E-state index in [0.29, 0.717) is 13.0 Å². The SMILES string of the molecule is CC1(C(=O)NCCCN2CCN(c3ncccn3)CC2)CC1(Cl)Cl. The molecule has 1 saturated heterocycles. The van der Waals surface area contributed by atoms with E-state index in [-0.39, 0.29) is 5.91 Å². The lowest BCUT2D eigenvalue weighted by Gasteiger charge is -2.34. The summed E-state index contributed by atoms with van der Waals surface area (Å²) in [5.74, 6) is 0.756. The third-order valence-corrected chi connectivity index (χ3v) is 6.00. The summed E-state index contributed by atoms with van der Waals surface area (Å²) in [4.78, 5) is 25.3. The van der Waals surface area contributed by atoms with E-state index in [1.54, 1.807) is 12.4 Å². The van der Waals surface area contributed by atoms with Crippen LogP contribution in [0, 0.1) is 5.41 Å². The van der Waals surface area contributed by atoms with Gasteiger partial charge in [0.2, 0.25) is 11.9 Å². The number of nitrogens with zero attached hydrogens (tertiary/aromatic N) is 4. The van der Waals surface area contributed by atoms with E-state index in [1.807, 2.05) is 13.0 Å². The standard InChI is InChI=1S/C16H23Cl2N5O/c1-15(12-16(15,17)18)13(24)19-6-3-7-22-8-10-23(11-9-22)14-20-4-2-5-21-14/h2,4-5H,3,6-12H2,1H3,(H,19,24). The fourth-order valence-corrected chi connectivity index (χ4v) is 3.68. The largest absolute Gasteiger partial charge is 0.355 e. The van der Waals surface area contributed by atoms with E-state index >= 15 is 0 Å². The summed E-state index contributed by atoms with van der Waals surface area (Å²) >= 11 is 12.0. The molecular weight excluding hydrogens is 349 g/mol. The maximum absolute atomic E-state index is 12.1. The Hall–Kier alpha value is -1.11. The predicted octanol–water partition coefficient (Wildman–Crippen LogP) is 1.69. The molecule has 0 aromatic carbocycles. The molecule has 1 aromatic heterocycles. The zero-order chi connectivity index (χ0) is 17.2. The summed E-state index contributed by atoms with van der Waals surface area (Å²) in [6, 6.07) is 1.83. The zero-order valence-electron chi connectivity index (χ0n) is 13.8. The van der Waals surface area contributed by atoms with Gasteiger partial charge in [-0.3, -0.25) is 9.69 Å². The number of hydrogen-bond donors (Lipinski definition) is 1. The topological polar surface area (TPSA) is 61.4 Å². The Balaban J connectivity index is 1.32. The van der Waals surface area contributed by atoms with Gasteiger partial charge in [-0.15, -0.1) is 23.2 Å². The molecule has 2 heterocycles. The third kappa shape index (κ3) is 3.76. The van der Waals surface area contributed by atoms with Gasteiger partial charge in [0.1, 0.15) is 4.33 Å². The van der Waals surface area contributed by atoms with Gasteiger partial charge in [0.25, 0.3) is 0 Å². The monoisotopic (exact) mass is 371 g/mol. The minimum Gasteiger partial charge on any atom is -0.355 e. The highest BCUT2D eigenvalue weighted by atomic mass is 35.5. The van der Waals surface area contributed by atoms with E-state index in [4.69, 9.17) is 23.2 Å². The molecule has 1 atom stereocenters. The minimum absolute atomic E-state index is 0.0430. The molecule has 6 nitrogen and oxygen atoms in total. The number of hydrogen-bond acceptors (Lipinski definition) is 5. The molecule has 1 aliphatic heterocycles. The smallest absolute Gasteiger partial charge is 0.229 e. The molecule has 1 aromatic rings. The van der Waals surface area contributed by atoms with Gasteiger partial charge in [0.15, 0.2) is 0 Å². The fourth-order valence-electron chi connectivity index (χ4n) is 2.97. The number of amides is 1. The van der Waals surface area contributed by atoms with Gasteiger partial charge < -0.3 is 10.2 Å². The van der Waals surface area contributed by atoms with Crippen molar-refractivity contribution in [3.8, 4) is 0 Å². The second-order valence-corrected chi connectivity index (χ2v) is 8.18. The molecule has 3 rings (SSSR count). The van der Waals surface area contributed by atoms with Crippen molar-refractivity contribution in [1.29, 1.82) is 0 Å². The molecular formula is C16H23Cl2N5O. The first-order chi connectivity index (χ1) is 11.4. The number of piperazine rings is 1. The molecule has 1 amide bonds. The maximum Gasteiger partial charge on any atom is 0.229 e. The fraction of sp³-hybridized carbons (Fsp3) is 0.688. The summed E-state index contributed by atoms with van der Waals surface area (Å²) in [6.07, 6.45) is 4.99. The predicted molar refractivity (Wildman–Crippen MR) is 95.5 cm³/mol. The van der Waals surface area contributed by atoms with Crippen LogP contribution in [0.25, 0.3) is 0 Å². The second kappa shape index (κ2) is 7.02. The summed E-state index contributed by atoms with van der Waals surface area (Å²) in [6.45, 7) is 7.25. The van der Waals surface area contributed by atoms with E-state index in [2.05, 4.69) is 25.1 Å². The molecule has 1 N–H and O–H groups in total. The normalized spacial score (nSPS) is 26.2. The number of carbonyl (C=O) groups is 1. The van der Waals surface area contributed by atoms with Crippen molar-refractivity contribution in [2.75, 3.05) is 44.2 Å². The molecule has 0 spiro atoms. The number of alkyl halides is 2. The first-order valence-electron chi connectivity index (χ1n) is 8.33. The number of aromatic nitrogens is 2. The van der Waals surface area contributed by atoms with E-state index in [9.17, 15) is 4.79 Å². The van der Waals surface area contributed by atoms with Crippen LogP contribution in [-0.4, -0.2) is 64.4 Å². The second-order valence-electron chi connectivity index (χ2n) is 6.70. The van der Waals surface area contributed by atoms with Crippen molar-refractivity contribution in [3.05, 3.63) is 18.5 Å². The lowest BCUT2D eigenvalue weighted by molar-refractivity contribution is -0.125. The van der Waals surface area contributed by atoms with Crippen molar-refractivity contribution in [2.24, 2.45) is 5.41 Å². The summed E-state index contributed by atoms with van der Waals surface area (Å²) in [7, 11) is 0. The number of anilines is 1. The highest BCUT2D eigenvalue weighted by molar-refractivity contribution is 6.53. The molecule has 1 unspecified atom stereocenters. The van der Waals surface area contributed by atoms with Crippen molar-refractivity contribution in [3.63, 3.8) is 0 Å². The molecule has 8 heteroatoms. The molecule has 132 valence electrons. The van der Waals surface area contributed by atoms with Crippen LogP contribution in [0.2, 0.25) is 0 Å². The molecule has 1 aliphatic carbocycles. The van der Waals surface area contributed by atoms with Gasteiger partial charge in [-0.05, 0) is 32.4 Å². The Labute approximate surface area is 152 Å². The molecule has 0 bridgehead atoms. The van der Waals surface area contributed by atoms with Crippen LogP contribution in [0.15, 0.2) is 18.5 Å². The molecule has 0 radical (unpaired) electrons. The molecule has 2 fully saturated rings. The van der Waals surface area contributed by atoms with Gasteiger partial charge in [-0.1, -0.05) is 0 Å². The Morgan fingerprint density at radius 2 is 1.88 bits per heavy atom. The zero-order valence-corrected chi connectivity index (χ0v) is 15.4. The maximum atomic E-state index is 12.1. The molecule has 2 aliphatic rings. The third-order valence-electron chi connectivity index (χ3n) is 4.90. The van der Waals surface area contributed by atoms with Crippen LogP contribution in [0.5, 0.6) is 0 Å². The first kappa shape index (κ1) is 17.7. The number of nitrogens with one attached hydrogen (secondary N) is 1. The van der Waals surface area contributed by atoms with Crippen LogP contribution in [0.3, 0.4) is 0 Å². The highest BCUT2D eigenvalue weighted by Crippen LogP contribution is 2.63. The van der Waals surface area contributed by atoms with Gasteiger partial charge in [0, 0.05) is 45.1 Å². The minimum atomic E-state index is -0.896. The lowest BCUT2D eigenvalue weighted by atomic mass is 10.1. The van der Waals surface area contributed by atoms with Crippen molar-refractivity contribution in [1.82, 2.24) is 20.2 Å². The van der Waals surface area contributed by atoms with Crippen LogP contribution in [0.1, 0.15) is 19.8 Å². The van der Waals surface area contributed by atoms with Crippen molar-refractivity contribution in [2.45, 2.75) is 24.1 Å². The Morgan fingerprint density at radius 3 is 2.46 bits per heavy atom. The van der Waals surface area contributed by atoms with E-state index in [0.717, 1.165) is 45.1 Å². The Kier molecular flexibility index (Phi) is 5.18. The van der Waals surface area contributed by atoms with E-state index in [1.165, 1.54) is 0 Å². The number of halogens is 2. The molecule has 1 saturated carbocycles. The van der Waals surface area contributed by atoms with Crippen molar-refractivity contribution >= 4 is 35.1 Å². The van der Waals surface area contributed by atoms with Crippen molar-refractivity contribution < 1.29 is 4.79 Å². The average molecular weight is 372 g/mol. The Morgan fingerprint density at radius 1 is 1.25 bits per heavy atom. The van der Waals surface area contributed by atoms with Crippen LogP contribution in [-0.2, 0) is 4.79 Å². The van der Waals surface area contributed by atoms with E-state index < -0.39 is 9.75 Å². The van der Waals surface area contributed by atoms with Crippen LogP contribution >= 0.6 is 23.2 Å². The quantitative estimate of drug-likeness (QED) is 0.608. The Bertz CT molecular complexity index is 577. The van der Waals surface area contributed by atoms with Crippen LogP contribution < -0.4 is 10.2 Å². The van der Waals surface area contributed by atoms with Gasteiger partial charge in [-0.2, -0.15) is 0 Å². The van der Waals surface area contributed by atoms with Gasteiger partial charge in [0.05, 0.1) is 5.41 Å². The highest BCUT2D eigenvalue weighted by Gasteiger charge is 2.67. The summed E-state index contributed by atoms with van der Waals surface area (Å²) in [5.41, 5.74) is -0.628. The number of carbonyl (C=O) groups excluding carboxylic acids is 1. The number of rotatable bonds is 6. The first-order valence-corrected chi connectivity index (χ1v) is 9.08. The summed E-state index contributed by atoms with van der Waals surface area (Å²) in [5, 5.41) is 2.95. The van der Waals surface area contributed by atoms with Gasteiger partial charge in [-0.25, -0.2) is 9.97 Å².